The van der Waals surface area contributed by atoms with Gasteiger partial charge < -0.3 is 4.43 Å². The van der Waals surface area contributed by atoms with Gasteiger partial charge in [0, 0.05) is 30.0 Å². The average Bonchev–Trinajstić information content (AvgIpc) is 3.14. The van der Waals surface area contributed by atoms with Crippen LogP contribution in [0.15, 0.2) is 42.7 Å². The summed E-state index contributed by atoms with van der Waals surface area (Å²) in [7, 11) is -1.62. The third-order valence-electron chi connectivity index (χ3n) is 5.68. The van der Waals surface area contributed by atoms with Crippen molar-refractivity contribution in [3.8, 4) is 11.3 Å². The van der Waals surface area contributed by atoms with Gasteiger partial charge in [-0.25, -0.2) is 0 Å². The zero-order chi connectivity index (χ0) is 19.5. The number of rotatable bonds is 7. The summed E-state index contributed by atoms with van der Waals surface area (Å²) in [6.45, 7) is 12.4. The summed E-state index contributed by atoms with van der Waals surface area (Å²) in [4.78, 5) is 4.66. The fourth-order valence-electron chi connectivity index (χ4n) is 2.86. The summed E-state index contributed by atoms with van der Waals surface area (Å²) in [6.07, 6.45) is 7.06. The van der Waals surface area contributed by atoms with Gasteiger partial charge in [-0.3, -0.25) is 10.1 Å². The Hall–Kier alpha value is -1.98. The first-order chi connectivity index (χ1) is 12.8. The van der Waals surface area contributed by atoms with Crippen molar-refractivity contribution in [3.63, 3.8) is 0 Å². The third kappa shape index (κ3) is 4.85. The largest absolute Gasteiger partial charge is 0.417 e. The molecule has 5 heteroatoms. The maximum absolute atomic E-state index is 6.27. The Morgan fingerprint density at radius 3 is 2.59 bits per heavy atom. The van der Waals surface area contributed by atoms with E-state index in [-0.39, 0.29) is 5.04 Å². The first-order valence-electron chi connectivity index (χ1n) is 9.79. The highest BCUT2D eigenvalue weighted by molar-refractivity contribution is 6.74. The van der Waals surface area contributed by atoms with Gasteiger partial charge in [0.05, 0.1) is 11.2 Å². The Morgan fingerprint density at radius 2 is 1.89 bits per heavy atom. The summed E-state index contributed by atoms with van der Waals surface area (Å²) in [5, 5.41) is 8.49. The molecule has 0 saturated carbocycles. The number of unbranched alkanes of at least 4 members (excludes halogenated alkanes) is 1. The summed E-state index contributed by atoms with van der Waals surface area (Å²) in [6, 6.07) is 10.6. The van der Waals surface area contributed by atoms with Crippen LogP contribution in [0.3, 0.4) is 0 Å². The van der Waals surface area contributed by atoms with Gasteiger partial charge in [-0.1, -0.05) is 32.9 Å². The Balaban J connectivity index is 1.55. The standard InChI is InChI=1S/C22H31N3OSi/c1-22(2,3)27(4,5)26-13-7-6-8-17-14-18-9-10-19(15-21(18)23-16-17)20-11-12-24-25-20/h9-12,14-16H,6-8,13H2,1-5H3,(H,24,25). The van der Waals surface area contributed by atoms with Crippen molar-refractivity contribution in [2.75, 3.05) is 6.61 Å². The van der Waals surface area contributed by atoms with Crippen LogP contribution in [0.2, 0.25) is 18.1 Å². The van der Waals surface area contributed by atoms with Gasteiger partial charge in [-0.15, -0.1) is 0 Å². The molecule has 0 aliphatic rings. The molecule has 0 atom stereocenters. The van der Waals surface area contributed by atoms with Crippen molar-refractivity contribution < 1.29 is 4.43 Å². The molecule has 3 rings (SSSR count). The molecule has 0 fully saturated rings. The number of aromatic amines is 1. The molecule has 144 valence electrons. The number of H-pyrrole nitrogens is 1. The van der Waals surface area contributed by atoms with Crippen LogP contribution in [0.25, 0.3) is 22.2 Å². The number of aryl methyl sites for hydroxylation is 1. The normalized spacial score (nSPS) is 12.6. The van der Waals surface area contributed by atoms with Crippen molar-refractivity contribution in [2.24, 2.45) is 0 Å². The second-order valence-corrected chi connectivity index (χ2v) is 13.6. The molecular formula is C22H31N3OSi. The molecule has 0 saturated heterocycles. The Bertz CT molecular complexity index is 882. The lowest BCUT2D eigenvalue weighted by atomic mass is 10.1. The quantitative estimate of drug-likeness (QED) is 0.405. The van der Waals surface area contributed by atoms with Crippen LogP contribution in [-0.4, -0.2) is 30.1 Å². The smallest absolute Gasteiger partial charge is 0.191 e. The second kappa shape index (κ2) is 7.95. The van der Waals surface area contributed by atoms with E-state index in [1.54, 1.807) is 6.20 Å². The number of aromatic nitrogens is 3. The van der Waals surface area contributed by atoms with E-state index in [0.29, 0.717) is 0 Å². The summed E-state index contributed by atoms with van der Waals surface area (Å²) >= 11 is 0. The number of fused-ring (bicyclic) bond motifs is 1. The van der Waals surface area contributed by atoms with E-state index in [1.807, 2.05) is 12.3 Å². The third-order valence-corrected chi connectivity index (χ3v) is 10.2. The molecule has 0 radical (unpaired) electrons. The molecule has 4 nitrogen and oxygen atoms in total. The van der Waals surface area contributed by atoms with Crippen LogP contribution in [0.1, 0.15) is 39.2 Å². The van der Waals surface area contributed by atoms with E-state index in [2.05, 4.69) is 73.3 Å². The maximum atomic E-state index is 6.27. The number of hydrogen-bond donors (Lipinski definition) is 1. The van der Waals surface area contributed by atoms with Gasteiger partial charge in [0.25, 0.3) is 0 Å². The Kier molecular flexibility index (Phi) is 5.82. The lowest BCUT2D eigenvalue weighted by molar-refractivity contribution is 0.279. The van der Waals surface area contributed by atoms with Gasteiger partial charge in [0.2, 0.25) is 0 Å². The topological polar surface area (TPSA) is 50.8 Å². The molecule has 0 aliphatic carbocycles. The summed E-state index contributed by atoms with van der Waals surface area (Å²) in [5.41, 5.74) is 4.45. The maximum Gasteiger partial charge on any atom is 0.191 e. The minimum atomic E-state index is -1.62. The molecule has 2 heterocycles. The summed E-state index contributed by atoms with van der Waals surface area (Å²) < 4.78 is 6.27. The van der Waals surface area contributed by atoms with E-state index in [4.69, 9.17) is 4.43 Å². The minimum absolute atomic E-state index is 0.282. The number of nitrogens with one attached hydrogen (secondary N) is 1. The second-order valence-electron chi connectivity index (χ2n) is 8.79. The molecule has 0 bridgehead atoms. The monoisotopic (exact) mass is 381 g/mol. The van der Waals surface area contributed by atoms with Crippen LogP contribution >= 0.6 is 0 Å². The van der Waals surface area contributed by atoms with Gasteiger partial charge in [-0.2, -0.15) is 5.10 Å². The lowest BCUT2D eigenvalue weighted by Gasteiger charge is -2.36. The van der Waals surface area contributed by atoms with Crippen LogP contribution in [0, 0.1) is 0 Å². The van der Waals surface area contributed by atoms with E-state index < -0.39 is 8.32 Å². The van der Waals surface area contributed by atoms with Crippen LogP contribution in [0.4, 0.5) is 0 Å². The molecule has 3 aromatic rings. The molecule has 2 aromatic heterocycles. The fourth-order valence-corrected chi connectivity index (χ4v) is 3.95. The van der Waals surface area contributed by atoms with Gasteiger partial charge in [0.15, 0.2) is 8.32 Å². The predicted octanol–water partition coefficient (Wildman–Crippen LogP) is 5.97. The van der Waals surface area contributed by atoms with E-state index in [0.717, 1.165) is 42.6 Å². The zero-order valence-electron chi connectivity index (χ0n) is 17.2. The number of hydrogen-bond acceptors (Lipinski definition) is 3. The molecule has 27 heavy (non-hydrogen) atoms. The van der Waals surface area contributed by atoms with Gasteiger partial charge in [-0.05, 0) is 61.2 Å². The van der Waals surface area contributed by atoms with E-state index >= 15 is 0 Å². The molecule has 0 aliphatic heterocycles. The molecule has 1 aromatic carbocycles. The first kappa shape index (κ1) is 19.8. The average molecular weight is 382 g/mol. The molecule has 0 spiro atoms. The van der Waals surface area contributed by atoms with E-state index in [1.165, 1.54) is 10.9 Å². The van der Waals surface area contributed by atoms with Crippen LogP contribution in [-0.2, 0) is 10.8 Å². The molecule has 0 amide bonds. The highest BCUT2D eigenvalue weighted by atomic mass is 28.4. The van der Waals surface area contributed by atoms with Gasteiger partial charge in [0.1, 0.15) is 0 Å². The van der Waals surface area contributed by atoms with Crippen molar-refractivity contribution >= 4 is 19.2 Å². The predicted molar refractivity (Wildman–Crippen MR) is 115 cm³/mol. The molecular weight excluding hydrogens is 350 g/mol. The zero-order valence-corrected chi connectivity index (χ0v) is 18.2. The lowest BCUT2D eigenvalue weighted by Crippen LogP contribution is -2.40. The van der Waals surface area contributed by atoms with Crippen molar-refractivity contribution in [2.45, 2.75) is 58.2 Å². The number of nitrogens with zero attached hydrogens (tertiary/aromatic N) is 2. The van der Waals surface area contributed by atoms with Gasteiger partial charge >= 0.3 is 0 Å². The highest BCUT2D eigenvalue weighted by Crippen LogP contribution is 2.36. The molecule has 0 unspecified atom stereocenters. The highest BCUT2D eigenvalue weighted by Gasteiger charge is 2.36. The summed E-state index contributed by atoms with van der Waals surface area (Å²) in [5.74, 6) is 0. The van der Waals surface area contributed by atoms with Crippen molar-refractivity contribution in [1.29, 1.82) is 0 Å². The first-order valence-corrected chi connectivity index (χ1v) is 12.7. The number of pyridine rings is 1. The minimum Gasteiger partial charge on any atom is -0.417 e. The fraction of sp³-hybridized carbons (Fsp3) is 0.455. The van der Waals surface area contributed by atoms with Crippen molar-refractivity contribution in [3.05, 3.63) is 48.3 Å². The Morgan fingerprint density at radius 1 is 1.07 bits per heavy atom. The van der Waals surface area contributed by atoms with Crippen LogP contribution in [0.5, 0.6) is 0 Å². The Labute approximate surface area is 163 Å². The molecule has 1 N–H and O–H groups in total. The van der Waals surface area contributed by atoms with Crippen molar-refractivity contribution in [1.82, 2.24) is 15.2 Å². The van der Waals surface area contributed by atoms with Crippen LogP contribution < -0.4 is 0 Å². The van der Waals surface area contributed by atoms with E-state index in [9.17, 15) is 0 Å². The SMILES string of the molecule is CC(C)(C)[Si](C)(C)OCCCCc1cnc2cc(-c3ccn[nH]3)ccc2c1. The number of benzene rings is 1.